The lowest BCUT2D eigenvalue weighted by Gasteiger charge is -2.39. The molecule has 0 radical (unpaired) electrons. The Balaban J connectivity index is 4.48. The van der Waals surface area contributed by atoms with E-state index in [-0.39, 0.29) is 19.3 Å². The number of allylic oxidation sites excluding steroid dienone is 2. The minimum Gasteiger partial charge on any atom is -0.481 e. The quantitative estimate of drug-likeness (QED) is 0.0468. The lowest BCUT2D eigenvalue weighted by molar-refractivity contribution is -0.929. The molecule has 0 atom stereocenters. The molecule has 7 heteroatoms. The van der Waals surface area contributed by atoms with Crippen molar-refractivity contribution in [2.45, 2.75) is 148 Å². The molecule has 0 aromatic heterocycles. The van der Waals surface area contributed by atoms with Gasteiger partial charge in [0, 0.05) is 19.3 Å². The van der Waals surface area contributed by atoms with Gasteiger partial charge >= 0.3 is 17.9 Å². The van der Waals surface area contributed by atoms with Crippen LogP contribution in [0.1, 0.15) is 148 Å². The third-order valence-corrected chi connectivity index (χ3v) is 7.69. The molecule has 0 saturated heterocycles. The van der Waals surface area contributed by atoms with E-state index in [1.165, 1.54) is 77.0 Å². The summed E-state index contributed by atoms with van der Waals surface area (Å²) in [5.74, 6) is -2.30. The van der Waals surface area contributed by atoms with Crippen LogP contribution in [0.4, 0.5) is 0 Å². The van der Waals surface area contributed by atoms with E-state index in [4.69, 9.17) is 15.3 Å². The van der Waals surface area contributed by atoms with Crippen molar-refractivity contribution in [3.8, 4) is 0 Å². The molecule has 0 aliphatic heterocycles. The van der Waals surface area contributed by atoms with Gasteiger partial charge in [0.25, 0.3) is 0 Å². The molecule has 0 amide bonds. The van der Waals surface area contributed by atoms with Crippen molar-refractivity contribution in [1.82, 2.24) is 0 Å². The number of hydrogen-bond donors (Lipinski definition) is 3. The van der Waals surface area contributed by atoms with E-state index in [1.807, 2.05) is 0 Å². The Labute approximate surface area is 238 Å². The van der Waals surface area contributed by atoms with E-state index in [0.29, 0.717) is 19.3 Å². The first-order valence-corrected chi connectivity index (χ1v) is 16.0. The Morgan fingerprint density at radius 2 is 0.769 bits per heavy atom. The van der Waals surface area contributed by atoms with Crippen molar-refractivity contribution < 1.29 is 34.2 Å². The molecule has 0 fully saturated rings. The first kappa shape index (κ1) is 37.1. The maximum absolute atomic E-state index is 11.0. The third kappa shape index (κ3) is 26.1. The van der Waals surface area contributed by atoms with Crippen LogP contribution in [0.25, 0.3) is 0 Å². The Hall–Kier alpha value is -1.89. The van der Waals surface area contributed by atoms with Crippen molar-refractivity contribution in [1.29, 1.82) is 0 Å². The van der Waals surface area contributed by atoms with Gasteiger partial charge in [0.1, 0.15) is 0 Å². The molecule has 0 saturated carbocycles. The fourth-order valence-electron chi connectivity index (χ4n) is 5.37. The smallest absolute Gasteiger partial charge is 0.303 e. The molecule has 0 aliphatic rings. The van der Waals surface area contributed by atoms with Crippen LogP contribution in [-0.2, 0) is 14.4 Å². The number of carboxylic acid groups (broad SMARTS) is 3. The zero-order valence-corrected chi connectivity index (χ0v) is 25.1. The summed E-state index contributed by atoms with van der Waals surface area (Å²) < 4.78 is 0.868. The van der Waals surface area contributed by atoms with Gasteiger partial charge in [-0.15, -0.1) is 0 Å². The molecular formula is C32H60NO6+. The zero-order chi connectivity index (χ0) is 29.0. The second kappa shape index (κ2) is 26.3. The normalized spacial score (nSPS) is 11.8. The molecule has 0 heterocycles. The summed E-state index contributed by atoms with van der Waals surface area (Å²) in [6, 6.07) is 0. The summed E-state index contributed by atoms with van der Waals surface area (Å²) in [7, 11) is 0. The Morgan fingerprint density at radius 1 is 0.462 bits per heavy atom. The van der Waals surface area contributed by atoms with Gasteiger partial charge in [0.15, 0.2) is 0 Å². The van der Waals surface area contributed by atoms with E-state index < -0.39 is 17.9 Å². The third-order valence-electron chi connectivity index (χ3n) is 7.69. The van der Waals surface area contributed by atoms with Crippen molar-refractivity contribution in [3.05, 3.63) is 12.2 Å². The average molecular weight is 555 g/mol. The fourth-order valence-corrected chi connectivity index (χ4v) is 5.37. The maximum Gasteiger partial charge on any atom is 0.303 e. The van der Waals surface area contributed by atoms with Crippen LogP contribution in [0.5, 0.6) is 0 Å². The lowest BCUT2D eigenvalue weighted by atomic mass is 10.0. The van der Waals surface area contributed by atoms with Crippen LogP contribution in [0, 0.1) is 0 Å². The number of carbonyl (C=O) groups is 3. The summed E-state index contributed by atoms with van der Waals surface area (Å²) >= 11 is 0. The zero-order valence-electron chi connectivity index (χ0n) is 25.1. The molecule has 0 unspecified atom stereocenters. The molecule has 0 aromatic carbocycles. The Bertz CT molecular complexity index is 594. The molecule has 228 valence electrons. The van der Waals surface area contributed by atoms with Gasteiger partial charge in [0.05, 0.1) is 26.2 Å². The van der Waals surface area contributed by atoms with E-state index in [2.05, 4.69) is 19.1 Å². The monoisotopic (exact) mass is 554 g/mol. The van der Waals surface area contributed by atoms with E-state index in [0.717, 1.165) is 56.3 Å². The molecule has 39 heavy (non-hydrogen) atoms. The number of hydrogen-bond acceptors (Lipinski definition) is 3. The average Bonchev–Trinajstić information content (AvgIpc) is 2.89. The lowest BCUT2D eigenvalue weighted by Crippen LogP contribution is -2.51. The predicted molar refractivity (Wildman–Crippen MR) is 159 cm³/mol. The number of unbranched alkanes of at least 4 members (excludes halogenated alkanes) is 14. The van der Waals surface area contributed by atoms with Crippen LogP contribution in [-0.4, -0.2) is 63.9 Å². The first-order valence-electron chi connectivity index (χ1n) is 16.0. The van der Waals surface area contributed by atoms with Gasteiger partial charge in [-0.05, 0) is 70.6 Å². The van der Waals surface area contributed by atoms with Crippen molar-refractivity contribution in [2.75, 3.05) is 26.2 Å². The molecule has 0 spiro atoms. The van der Waals surface area contributed by atoms with E-state index in [9.17, 15) is 14.4 Å². The summed E-state index contributed by atoms with van der Waals surface area (Å²) in [6.45, 7) is 5.90. The SMILES string of the molecule is CCC/C=C/CCCCCCCCCCCC[N+](CCCCC(=O)O)(CCCCC(=O)O)CCCCC(=O)O. The van der Waals surface area contributed by atoms with Crippen molar-refractivity contribution >= 4 is 17.9 Å². The summed E-state index contributed by atoms with van der Waals surface area (Å²) in [5, 5.41) is 27.1. The highest BCUT2D eigenvalue weighted by Gasteiger charge is 2.26. The number of carboxylic acids is 3. The van der Waals surface area contributed by atoms with Gasteiger partial charge in [-0.1, -0.05) is 70.4 Å². The Kier molecular flexibility index (Phi) is 25.1. The molecule has 0 aromatic rings. The standard InChI is InChI=1S/C32H59NO6/c1-2-3-4-5-6-7-8-9-10-11-12-13-14-15-19-26-33(27-20-16-23-30(34)35,28-21-17-24-31(36)37)29-22-18-25-32(38)39/h4-5H,2-3,6-29H2,1H3,(H2-,34,35,36,37,38,39)/p+1/b5-4+. The van der Waals surface area contributed by atoms with E-state index in [1.54, 1.807) is 0 Å². The summed E-state index contributed by atoms with van der Waals surface area (Å²) in [5.41, 5.74) is 0. The number of rotatable bonds is 30. The minimum absolute atomic E-state index is 0.175. The minimum atomic E-state index is -0.768. The molecular weight excluding hydrogens is 494 g/mol. The fraction of sp³-hybridized carbons (Fsp3) is 0.844. The van der Waals surface area contributed by atoms with E-state index >= 15 is 0 Å². The number of nitrogens with zero attached hydrogens (tertiary/aromatic N) is 1. The van der Waals surface area contributed by atoms with Crippen LogP contribution < -0.4 is 0 Å². The van der Waals surface area contributed by atoms with Crippen molar-refractivity contribution in [2.24, 2.45) is 0 Å². The highest BCUT2D eigenvalue weighted by molar-refractivity contribution is 5.67. The number of aliphatic carboxylic acids is 3. The van der Waals surface area contributed by atoms with Gasteiger partial charge in [-0.25, -0.2) is 0 Å². The van der Waals surface area contributed by atoms with Crippen molar-refractivity contribution in [3.63, 3.8) is 0 Å². The highest BCUT2D eigenvalue weighted by Crippen LogP contribution is 2.20. The topological polar surface area (TPSA) is 112 Å². The van der Waals surface area contributed by atoms with Crippen LogP contribution in [0.2, 0.25) is 0 Å². The number of quaternary nitrogens is 1. The highest BCUT2D eigenvalue weighted by atomic mass is 16.4. The van der Waals surface area contributed by atoms with Crippen LogP contribution in [0.15, 0.2) is 12.2 Å². The largest absolute Gasteiger partial charge is 0.481 e. The first-order chi connectivity index (χ1) is 18.8. The summed E-state index contributed by atoms with van der Waals surface area (Å²) in [4.78, 5) is 33.0. The molecule has 0 aliphatic carbocycles. The summed E-state index contributed by atoms with van der Waals surface area (Å²) in [6.07, 6.45) is 26.0. The molecule has 7 nitrogen and oxygen atoms in total. The molecule has 3 N–H and O–H groups in total. The van der Waals surface area contributed by atoms with Gasteiger partial charge in [0.2, 0.25) is 0 Å². The van der Waals surface area contributed by atoms with Crippen LogP contribution >= 0.6 is 0 Å². The van der Waals surface area contributed by atoms with Crippen LogP contribution in [0.3, 0.4) is 0 Å². The van der Waals surface area contributed by atoms with Gasteiger partial charge in [-0.2, -0.15) is 0 Å². The second-order valence-electron chi connectivity index (χ2n) is 11.4. The molecule has 0 rings (SSSR count). The molecule has 0 bridgehead atoms. The predicted octanol–water partition coefficient (Wildman–Crippen LogP) is 8.22. The van der Waals surface area contributed by atoms with Gasteiger partial charge < -0.3 is 19.8 Å². The maximum atomic E-state index is 11.0. The Morgan fingerprint density at radius 3 is 1.13 bits per heavy atom. The van der Waals surface area contributed by atoms with Gasteiger partial charge in [-0.3, -0.25) is 14.4 Å². The second-order valence-corrected chi connectivity index (χ2v) is 11.4.